The largest absolute Gasteiger partial charge is 0.295 e. The van der Waals surface area contributed by atoms with Crippen LogP contribution < -0.4 is 5.32 Å². The number of nitrogens with one attached hydrogen (secondary N) is 1. The number of nitrogens with zero attached hydrogens (tertiary/aromatic N) is 4. The summed E-state index contributed by atoms with van der Waals surface area (Å²) in [6.45, 7) is 0. The maximum absolute atomic E-state index is 12.4. The molecule has 0 saturated heterocycles. The molecule has 0 bridgehead atoms. The van der Waals surface area contributed by atoms with Crippen LogP contribution in [0.5, 0.6) is 0 Å². The highest BCUT2D eigenvalue weighted by atomic mass is 32.1. The first kappa shape index (κ1) is 13.6. The first-order valence-electron chi connectivity index (χ1n) is 6.92. The molecule has 3 aromatic rings. The van der Waals surface area contributed by atoms with Crippen LogP contribution in [0.1, 0.15) is 34.9 Å². The fraction of sp³-hybridized carbons (Fsp3) is 0.286. The molecule has 1 N–H and O–H groups in total. The standard InChI is InChI=1S/C14H13N5OS2/c1-19-11(6-10(17-19)8-2-3-8)13(20)16-14-15-12(18-22-14)9-4-5-21-7-9/h4-8H,2-3H2,1H3,(H,15,16,18,20). The van der Waals surface area contributed by atoms with E-state index in [2.05, 4.69) is 19.8 Å². The summed E-state index contributed by atoms with van der Waals surface area (Å²) in [6, 6.07) is 3.83. The Morgan fingerprint density at radius 2 is 2.32 bits per heavy atom. The van der Waals surface area contributed by atoms with Crippen LogP contribution in [0.25, 0.3) is 11.4 Å². The second kappa shape index (κ2) is 5.29. The number of aryl methyl sites for hydroxylation is 1. The van der Waals surface area contributed by atoms with Crippen molar-refractivity contribution in [3.63, 3.8) is 0 Å². The highest BCUT2D eigenvalue weighted by molar-refractivity contribution is 7.10. The van der Waals surface area contributed by atoms with Gasteiger partial charge in [0.2, 0.25) is 5.13 Å². The lowest BCUT2D eigenvalue weighted by atomic mass is 10.2. The first-order valence-corrected chi connectivity index (χ1v) is 8.64. The summed E-state index contributed by atoms with van der Waals surface area (Å²) >= 11 is 2.78. The minimum Gasteiger partial charge on any atom is -0.295 e. The number of carbonyl (C=O) groups is 1. The Morgan fingerprint density at radius 3 is 3.05 bits per heavy atom. The van der Waals surface area contributed by atoms with Gasteiger partial charge in [-0.05, 0) is 30.4 Å². The highest BCUT2D eigenvalue weighted by Gasteiger charge is 2.28. The molecule has 3 heterocycles. The number of aromatic nitrogens is 4. The summed E-state index contributed by atoms with van der Waals surface area (Å²) in [6.07, 6.45) is 2.33. The molecule has 0 aliphatic heterocycles. The summed E-state index contributed by atoms with van der Waals surface area (Å²) in [5, 5.41) is 11.7. The monoisotopic (exact) mass is 331 g/mol. The Labute approximate surface area is 135 Å². The molecule has 0 unspecified atom stereocenters. The van der Waals surface area contributed by atoms with E-state index in [1.807, 2.05) is 22.9 Å². The third-order valence-corrected chi connectivity index (χ3v) is 4.87. The van der Waals surface area contributed by atoms with E-state index in [0.717, 1.165) is 11.3 Å². The maximum atomic E-state index is 12.4. The predicted molar refractivity (Wildman–Crippen MR) is 86.4 cm³/mol. The van der Waals surface area contributed by atoms with Crippen LogP contribution in [0.3, 0.4) is 0 Å². The number of amides is 1. The molecule has 112 valence electrons. The van der Waals surface area contributed by atoms with Gasteiger partial charge in [0, 0.05) is 35.4 Å². The van der Waals surface area contributed by atoms with Crippen LogP contribution in [0.15, 0.2) is 22.9 Å². The average molecular weight is 331 g/mol. The van der Waals surface area contributed by atoms with Crippen LogP contribution in [0.4, 0.5) is 5.13 Å². The van der Waals surface area contributed by atoms with Gasteiger partial charge in [0.15, 0.2) is 5.82 Å². The number of hydrogen-bond donors (Lipinski definition) is 1. The smallest absolute Gasteiger partial charge is 0.275 e. The zero-order chi connectivity index (χ0) is 15.1. The maximum Gasteiger partial charge on any atom is 0.275 e. The zero-order valence-electron chi connectivity index (χ0n) is 11.8. The molecule has 0 atom stereocenters. The van der Waals surface area contributed by atoms with E-state index >= 15 is 0 Å². The van der Waals surface area contributed by atoms with Crippen molar-refractivity contribution in [1.82, 2.24) is 19.1 Å². The first-order chi connectivity index (χ1) is 10.7. The van der Waals surface area contributed by atoms with Crippen LogP contribution in [0, 0.1) is 0 Å². The summed E-state index contributed by atoms with van der Waals surface area (Å²) in [5.41, 5.74) is 2.52. The quantitative estimate of drug-likeness (QED) is 0.797. The molecule has 8 heteroatoms. The van der Waals surface area contributed by atoms with Gasteiger partial charge in [-0.2, -0.15) is 25.8 Å². The van der Waals surface area contributed by atoms with Gasteiger partial charge in [-0.25, -0.2) is 0 Å². The second-order valence-electron chi connectivity index (χ2n) is 5.24. The van der Waals surface area contributed by atoms with Gasteiger partial charge in [-0.1, -0.05) is 0 Å². The molecule has 6 nitrogen and oxygen atoms in total. The van der Waals surface area contributed by atoms with Crippen molar-refractivity contribution < 1.29 is 4.79 Å². The van der Waals surface area contributed by atoms with Gasteiger partial charge >= 0.3 is 0 Å². The average Bonchev–Trinajstić information content (AvgIpc) is 2.93. The predicted octanol–water partition coefficient (Wildman–Crippen LogP) is 3.13. The van der Waals surface area contributed by atoms with Gasteiger partial charge in [0.1, 0.15) is 5.69 Å². The molecule has 0 aromatic carbocycles. The van der Waals surface area contributed by atoms with Gasteiger partial charge in [0.25, 0.3) is 5.91 Å². The third kappa shape index (κ3) is 2.55. The van der Waals surface area contributed by atoms with Gasteiger partial charge in [-0.15, -0.1) is 0 Å². The van der Waals surface area contributed by atoms with Crippen molar-refractivity contribution >= 4 is 33.9 Å². The molecule has 1 aliphatic carbocycles. The van der Waals surface area contributed by atoms with Crippen LogP contribution in [0.2, 0.25) is 0 Å². The fourth-order valence-corrected chi connectivity index (χ4v) is 3.44. The summed E-state index contributed by atoms with van der Waals surface area (Å²) < 4.78 is 5.90. The van der Waals surface area contributed by atoms with E-state index in [0.29, 0.717) is 22.6 Å². The molecular formula is C14H13N5OS2. The Morgan fingerprint density at radius 1 is 1.45 bits per heavy atom. The number of carbonyl (C=O) groups excluding carboxylic acids is 1. The Bertz CT molecular complexity index is 816. The molecule has 4 rings (SSSR count). The molecule has 22 heavy (non-hydrogen) atoms. The molecule has 1 aliphatic rings. The van der Waals surface area contributed by atoms with Crippen LogP contribution in [-0.2, 0) is 7.05 Å². The van der Waals surface area contributed by atoms with Crippen LogP contribution in [-0.4, -0.2) is 25.0 Å². The van der Waals surface area contributed by atoms with Gasteiger partial charge < -0.3 is 0 Å². The minimum absolute atomic E-state index is 0.199. The number of anilines is 1. The van der Waals surface area contributed by atoms with Crippen LogP contribution >= 0.6 is 22.9 Å². The lowest BCUT2D eigenvalue weighted by molar-refractivity contribution is 0.101. The Balaban J connectivity index is 1.52. The normalized spacial score (nSPS) is 14.2. The fourth-order valence-electron chi connectivity index (χ4n) is 2.22. The van der Waals surface area contributed by atoms with Crippen molar-refractivity contribution in [3.05, 3.63) is 34.3 Å². The van der Waals surface area contributed by atoms with Gasteiger partial charge in [0.05, 0.1) is 5.69 Å². The topological polar surface area (TPSA) is 72.7 Å². The zero-order valence-corrected chi connectivity index (χ0v) is 13.4. The molecule has 3 aromatic heterocycles. The van der Waals surface area contributed by atoms with E-state index in [1.165, 1.54) is 24.4 Å². The number of rotatable bonds is 4. The molecule has 0 radical (unpaired) electrons. The highest BCUT2D eigenvalue weighted by Crippen LogP contribution is 2.39. The van der Waals surface area contributed by atoms with E-state index in [1.54, 1.807) is 23.1 Å². The van der Waals surface area contributed by atoms with Crippen molar-refractivity contribution in [1.29, 1.82) is 0 Å². The van der Waals surface area contributed by atoms with Gasteiger partial charge in [-0.3, -0.25) is 14.8 Å². The summed E-state index contributed by atoms with van der Waals surface area (Å²) in [7, 11) is 1.79. The summed E-state index contributed by atoms with van der Waals surface area (Å²) in [4.78, 5) is 16.7. The lowest BCUT2D eigenvalue weighted by Gasteiger charge is -2.00. The third-order valence-electron chi connectivity index (χ3n) is 3.55. The van der Waals surface area contributed by atoms with Crippen molar-refractivity contribution in [2.45, 2.75) is 18.8 Å². The summed E-state index contributed by atoms with van der Waals surface area (Å²) in [5.74, 6) is 0.972. The van der Waals surface area contributed by atoms with E-state index in [4.69, 9.17) is 0 Å². The number of thiophene rings is 1. The Kier molecular flexibility index (Phi) is 3.27. The molecule has 1 amide bonds. The van der Waals surface area contributed by atoms with E-state index in [-0.39, 0.29) is 5.91 Å². The molecular weight excluding hydrogens is 318 g/mol. The molecule has 0 spiro atoms. The molecule has 1 fully saturated rings. The lowest BCUT2D eigenvalue weighted by Crippen LogP contribution is -2.15. The van der Waals surface area contributed by atoms with E-state index < -0.39 is 0 Å². The molecule has 1 saturated carbocycles. The van der Waals surface area contributed by atoms with E-state index in [9.17, 15) is 4.79 Å². The van der Waals surface area contributed by atoms with Crippen molar-refractivity contribution in [2.75, 3.05) is 5.32 Å². The van der Waals surface area contributed by atoms with Crippen molar-refractivity contribution in [2.24, 2.45) is 7.05 Å². The minimum atomic E-state index is -0.199. The second-order valence-corrected chi connectivity index (χ2v) is 6.77. The Hall–Kier alpha value is -2.06. The van der Waals surface area contributed by atoms with Crippen molar-refractivity contribution in [3.8, 4) is 11.4 Å². The SMILES string of the molecule is Cn1nc(C2CC2)cc1C(=O)Nc1nc(-c2ccsc2)ns1. The number of hydrogen-bond acceptors (Lipinski definition) is 6.